The molecule has 0 aromatic heterocycles. The Kier molecular flexibility index (Phi) is 7.65. The van der Waals surface area contributed by atoms with Crippen LogP contribution >= 0.6 is 0 Å². The van der Waals surface area contributed by atoms with Crippen molar-refractivity contribution in [2.75, 3.05) is 19.8 Å². The molecule has 0 bridgehead atoms. The predicted octanol–water partition coefficient (Wildman–Crippen LogP) is 1.42. The topological polar surface area (TPSA) is 44.8 Å². The van der Waals surface area contributed by atoms with Gasteiger partial charge in [0.05, 0.1) is 0 Å². The van der Waals surface area contributed by atoms with Crippen LogP contribution in [0.2, 0.25) is 6.04 Å². The van der Waals surface area contributed by atoms with E-state index in [1.165, 1.54) is 6.08 Å². The fourth-order valence-electron chi connectivity index (χ4n) is 1.13. The summed E-state index contributed by atoms with van der Waals surface area (Å²) in [7, 11) is -2.63. The zero-order valence-electron chi connectivity index (χ0n) is 9.04. The van der Waals surface area contributed by atoms with Crippen LogP contribution in [0.5, 0.6) is 0 Å². The van der Waals surface area contributed by atoms with E-state index in [-0.39, 0.29) is 0 Å². The van der Waals surface area contributed by atoms with Crippen molar-refractivity contribution in [1.82, 2.24) is 0 Å². The summed E-state index contributed by atoms with van der Waals surface area (Å²) in [5.74, 6) is 1.72. The van der Waals surface area contributed by atoms with Crippen LogP contribution in [0, 0.1) is 0 Å². The van der Waals surface area contributed by atoms with Crippen LogP contribution in [-0.2, 0) is 18.1 Å². The minimum absolute atomic E-state index is 0.395. The van der Waals surface area contributed by atoms with Crippen LogP contribution < -0.4 is 0 Å². The molecule has 0 saturated heterocycles. The number of carbonyl (C=O) groups excluding carboxylic acids is 1. The van der Waals surface area contributed by atoms with E-state index in [9.17, 15) is 4.79 Å². The van der Waals surface area contributed by atoms with Gasteiger partial charge in [-0.15, -0.1) is 0 Å². The molecule has 0 aliphatic rings. The Labute approximate surface area is 86.2 Å². The molecule has 0 rings (SSSR count). The van der Waals surface area contributed by atoms with Crippen molar-refractivity contribution in [3.63, 3.8) is 0 Å². The first-order valence-electron chi connectivity index (χ1n) is 4.85. The van der Waals surface area contributed by atoms with E-state index in [4.69, 9.17) is 13.3 Å². The normalized spacial score (nSPS) is 11.1. The Hall–Kier alpha value is -0.453. The fourth-order valence-corrected chi connectivity index (χ4v) is 3.38. The third-order valence-electron chi connectivity index (χ3n) is 1.53. The highest BCUT2D eigenvalue weighted by Crippen LogP contribution is 2.15. The smallest absolute Gasteiger partial charge is 0.374 e. The average molecular weight is 218 g/mol. The lowest BCUT2D eigenvalue weighted by molar-refractivity contribution is 0.0743. The van der Waals surface area contributed by atoms with Crippen LogP contribution in [0.1, 0.15) is 20.8 Å². The van der Waals surface area contributed by atoms with E-state index in [2.05, 4.69) is 0 Å². The van der Waals surface area contributed by atoms with E-state index < -0.39 is 8.80 Å². The average Bonchev–Trinajstić information content (AvgIpc) is 2.16. The first-order chi connectivity index (χ1) is 6.74. The molecule has 0 fully saturated rings. The zero-order valence-corrected chi connectivity index (χ0v) is 10.0. The van der Waals surface area contributed by atoms with E-state index in [0.29, 0.717) is 25.9 Å². The van der Waals surface area contributed by atoms with Crippen LogP contribution in [0.4, 0.5) is 0 Å². The van der Waals surface area contributed by atoms with Crippen molar-refractivity contribution in [3.05, 3.63) is 6.08 Å². The minimum atomic E-state index is -2.63. The summed E-state index contributed by atoms with van der Waals surface area (Å²) >= 11 is 0. The summed E-state index contributed by atoms with van der Waals surface area (Å²) in [4.78, 5) is 10.1. The Bertz CT molecular complexity index is 172. The fraction of sp³-hybridized carbons (Fsp3) is 0.778. The predicted molar refractivity (Wildman–Crippen MR) is 55.7 cm³/mol. The molecule has 0 N–H and O–H groups in total. The summed E-state index contributed by atoms with van der Waals surface area (Å²) in [6.07, 6.45) is 1.37. The number of rotatable bonds is 8. The van der Waals surface area contributed by atoms with Gasteiger partial charge in [-0.1, -0.05) is 0 Å². The molecule has 0 heterocycles. The van der Waals surface area contributed by atoms with Gasteiger partial charge >= 0.3 is 8.80 Å². The SMILES string of the molecule is CCO[Si](CC=C=O)(OCC)OCC. The molecule has 82 valence electrons. The first kappa shape index (κ1) is 13.5. The molecule has 0 aromatic carbocycles. The van der Waals surface area contributed by atoms with Crippen LogP contribution in [-0.4, -0.2) is 34.6 Å². The van der Waals surface area contributed by atoms with Gasteiger partial charge in [-0.05, 0) is 20.8 Å². The summed E-state index contributed by atoms with van der Waals surface area (Å²) in [5.41, 5.74) is 0. The summed E-state index contributed by atoms with van der Waals surface area (Å²) in [5, 5.41) is 0. The third kappa shape index (κ3) is 4.69. The maximum absolute atomic E-state index is 10.1. The Morgan fingerprint density at radius 1 is 1.07 bits per heavy atom. The van der Waals surface area contributed by atoms with E-state index in [0.717, 1.165) is 0 Å². The Balaban J connectivity index is 4.44. The van der Waals surface area contributed by atoms with E-state index >= 15 is 0 Å². The molecule has 0 saturated carbocycles. The van der Waals surface area contributed by atoms with E-state index in [1.807, 2.05) is 20.8 Å². The Morgan fingerprint density at radius 3 is 1.79 bits per heavy atom. The highest BCUT2D eigenvalue weighted by molar-refractivity contribution is 6.61. The van der Waals surface area contributed by atoms with Crippen molar-refractivity contribution in [2.45, 2.75) is 26.8 Å². The molecule has 4 nitrogen and oxygen atoms in total. The van der Waals surface area contributed by atoms with Gasteiger partial charge in [-0.2, -0.15) is 0 Å². The number of allylic oxidation sites excluding steroid dienone is 1. The van der Waals surface area contributed by atoms with Gasteiger partial charge in [0.15, 0.2) is 0 Å². The lowest BCUT2D eigenvalue weighted by atomic mass is 10.7. The van der Waals surface area contributed by atoms with Crippen LogP contribution in [0.3, 0.4) is 0 Å². The lowest BCUT2D eigenvalue weighted by Gasteiger charge is -2.26. The molecule has 0 atom stereocenters. The summed E-state index contributed by atoms with van der Waals surface area (Å²) in [6, 6.07) is 0.395. The second kappa shape index (κ2) is 7.91. The van der Waals surface area contributed by atoms with Crippen molar-refractivity contribution in [3.8, 4) is 0 Å². The van der Waals surface area contributed by atoms with Gasteiger partial charge in [-0.3, -0.25) is 0 Å². The highest BCUT2D eigenvalue weighted by atomic mass is 28.4. The van der Waals surface area contributed by atoms with Crippen molar-refractivity contribution < 1.29 is 18.1 Å². The number of hydrogen-bond donors (Lipinski definition) is 0. The molecule has 0 unspecified atom stereocenters. The second-order valence-electron chi connectivity index (χ2n) is 2.51. The zero-order chi connectivity index (χ0) is 10.9. The minimum Gasteiger partial charge on any atom is -0.374 e. The summed E-state index contributed by atoms with van der Waals surface area (Å²) < 4.78 is 16.5. The standard InChI is InChI=1S/C9H18O4Si/c1-4-11-14(12-5-2,13-6-3)9-7-8-10/h7H,4-6,9H2,1-3H3. The molecule has 0 amide bonds. The van der Waals surface area contributed by atoms with Crippen LogP contribution in [0.25, 0.3) is 0 Å². The largest absolute Gasteiger partial charge is 0.505 e. The van der Waals surface area contributed by atoms with Gasteiger partial charge in [0, 0.05) is 31.9 Å². The molecular weight excluding hydrogens is 200 g/mol. The highest BCUT2D eigenvalue weighted by Gasteiger charge is 2.39. The van der Waals surface area contributed by atoms with Crippen LogP contribution in [0.15, 0.2) is 6.08 Å². The lowest BCUT2D eigenvalue weighted by Crippen LogP contribution is -2.45. The quantitative estimate of drug-likeness (QED) is 0.456. The summed E-state index contributed by atoms with van der Waals surface area (Å²) in [6.45, 7) is 7.22. The monoisotopic (exact) mass is 218 g/mol. The van der Waals surface area contributed by atoms with Gasteiger partial charge in [0.2, 0.25) is 0 Å². The van der Waals surface area contributed by atoms with Crippen molar-refractivity contribution in [1.29, 1.82) is 0 Å². The van der Waals surface area contributed by atoms with Gasteiger partial charge < -0.3 is 13.3 Å². The molecular formula is C9H18O4Si. The first-order valence-corrected chi connectivity index (χ1v) is 6.79. The van der Waals surface area contributed by atoms with Gasteiger partial charge in [0.25, 0.3) is 0 Å². The van der Waals surface area contributed by atoms with Gasteiger partial charge in [-0.25, -0.2) is 4.79 Å². The maximum atomic E-state index is 10.1. The van der Waals surface area contributed by atoms with E-state index in [1.54, 1.807) is 5.94 Å². The number of hydrogen-bond acceptors (Lipinski definition) is 4. The Morgan fingerprint density at radius 2 is 1.50 bits per heavy atom. The maximum Gasteiger partial charge on any atom is 0.505 e. The molecule has 0 aromatic rings. The second-order valence-corrected chi connectivity index (χ2v) is 5.15. The van der Waals surface area contributed by atoms with Gasteiger partial charge in [0.1, 0.15) is 5.94 Å². The molecule has 0 spiro atoms. The third-order valence-corrected chi connectivity index (χ3v) is 4.42. The molecule has 0 aliphatic heterocycles. The molecule has 0 radical (unpaired) electrons. The molecule has 14 heavy (non-hydrogen) atoms. The van der Waals surface area contributed by atoms with Crippen molar-refractivity contribution >= 4 is 14.7 Å². The molecule has 5 heteroatoms. The van der Waals surface area contributed by atoms with Crippen molar-refractivity contribution in [2.24, 2.45) is 0 Å². The molecule has 0 aliphatic carbocycles.